The molecule has 1 unspecified atom stereocenters. The molecule has 0 saturated heterocycles. The SMILES string of the molecule is COC(=O)CC(NC(=O)c1cccc(CS(=O)(=O)c2ccccc2)c1)c1ccc(F)cc1. The van der Waals surface area contributed by atoms with Crippen LogP contribution < -0.4 is 5.32 Å². The molecule has 1 N–H and O–H groups in total. The molecule has 0 aromatic heterocycles. The molecule has 0 saturated carbocycles. The molecule has 3 aromatic rings. The number of benzene rings is 3. The second-order valence-electron chi connectivity index (χ2n) is 7.13. The van der Waals surface area contributed by atoms with E-state index in [2.05, 4.69) is 5.32 Å². The molecule has 0 aliphatic carbocycles. The molecule has 32 heavy (non-hydrogen) atoms. The normalized spacial score (nSPS) is 12.1. The van der Waals surface area contributed by atoms with E-state index in [4.69, 9.17) is 4.74 Å². The van der Waals surface area contributed by atoms with Gasteiger partial charge in [-0.05, 0) is 47.5 Å². The van der Waals surface area contributed by atoms with Crippen LogP contribution in [0.25, 0.3) is 0 Å². The largest absolute Gasteiger partial charge is 0.469 e. The Morgan fingerprint density at radius 1 is 0.969 bits per heavy atom. The van der Waals surface area contributed by atoms with E-state index >= 15 is 0 Å². The van der Waals surface area contributed by atoms with Gasteiger partial charge in [0.2, 0.25) is 0 Å². The highest BCUT2D eigenvalue weighted by Gasteiger charge is 2.21. The van der Waals surface area contributed by atoms with Crippen molar-refractivity contribution in [3.8, 4) is 0 Å². The number of esters is 1. The van der Waals surface area contributed by atoms with Gasteiger partial charge in [-0.1, -0.05) is 42.5 Å². The summed E-state index contributed by atoms with van der Waals surface area (Å²) < 4.78 is 43.3. The summed E-state index contributed by atoms with van der Waals surface area (Å²) in [5.41, 5.74) is 1.23. The van der Waals surface area contributed by atoms with E-state index in [1.807, 2.05) is 0 Å². The third-order valence-electron chi connectivity index (χ3n) is 4.82. The van der Waals surface area contributed by atoms with Crippen molar-refractivity contribution in [2.45, 2.75) is 23.1 Å². The number of rotatable bonds is 8. The van der Waals surface area contributed by atoms with Crippen LogP contribution in [0.5, 0.6) is 0 Å². The Labute approximate surface area is 186 Å². The van der Waals surface area contributed by atoms with E-state index in [1.165, 1.54) is 49.6 Å². The summed E-state index contributed by atoms with van der Waals surface area (Å²) in [6, 6.07) is 19.0. The van der Waals surface area contributed by atoms with Gasteiger partial charge in [0.15, 0.2) is 9.84 Å². The number of ether oxygens (including phenoxy) is 1. The van der Waals surface area contributed by atoms with Crippen LogP contribution in [0.1, 0.15) is 33.9 Å². The molecule has 0 spiro atoms. The van der Waals surface area contributed by atoms with Gasteiger partial charge in [-0.2, -0.15) is 0 Å². The average Bonchev–Trinajstić information content (AvgIpc) is 2.79. The van der Waals surface area contributed by atoms with Crippen LogP contribution in [0.3, 0.4) is 0 Å². The Hall–Kier alpha value is -3.52. The summed E-state index contributed by atoms with van der Waals surface area (Å²) in [4.78, 5) is 24.9. The minimum atomic E-state index is -3.57. The molecule has 0 bridgehead atoms. The quantitative estimate of drug-likeness (QED) is 0.522. The number of hydrogen-bond donors (Lipinski definition) is 1. The Balaban J connectivity index is 1.80. The van der Waals surface area contributed by atoms with E-state index in [9.17, 15) is 22.4 Å². The summed E-state index contributed by atoms with van der Waals surface area (Å²) in [6.07, 6.45) is -0.143. The zero-order valence-corrected chi connectivity index (χ0v) is 18.1. The van der Waals surface area contributed by atoms with Crippen molar-refractivity contribution >= 4 is 21.7 Å². The highest BCUT2D eigenvalue weighted by molar-refractivity contribution is 7.90. The van der Waals surface area contributed by atoms with Crippen LogP contribution in [0.15, 0.2) is 83.8 Å². The Bertz CT molecular complexity index is 1190. The van der Waals surface area contributed by atoms with Crippen LogP contribution in [0, 0.1) is 5.82 Å². The predicted octanol–water partition coefficient (Wildman–Crippen LogP) is 3.83. The first-order valence-electron chi connectivity index (χ1n) is 9.78. The van der Waals surface area contributed by atoms with Crippen LogP contribution in [0.4, 0.5) is 4.39 Å². The summed E-state index contributed by atoms with van der Waals surface area (Å²) in [7, 11) is -2.33. The van der Waals surface area contributed by atoms with E-state index < -0.39 is 33.6 Å². The Kier molecular flexibility index (Phi) is 7.37. The first-order chi connectivity index (χ1) is 15.3. The van der Waals surface area contributed by atoms with Crippen molar-refractivity contribution in [1.82, 2.24) is 5.32 Å². The maximum Gasteiger partial charge on any atom is 0.307 e. The summed E-state index contributed by atoms with van der Waals surface area (Å²) >= 11 is 0. The van der Waals surface area contributed by atoms with E-state index in [-0.39, 0.29) is 22.6 Å². The first kappa shape index (κ1) is 23.1. The predicted molar refractivity (Wildman–Crippen MR) is 117 cm³/mol. The van der Waals surface area contributed by atoms with Crippen LogP contribution >= 0.6 is 0 Å². The minimum Gasteiger partial charge on any atom is -0.469 e. The lowest BCUT2D eigenvalue weighted by molar-refractivity contribution is -0.141. The molecule has 3 rings (SSSR count). The lowest BCUT2D eigenvalue weighted by Gasteiger charge is -2.18. The molecule has 166 valence electrons. The minimum absolute atomic E-state index is 0.143. The number of nitrogens with one attached hydrogen (secondary N) is 1. The molecule has 1 amide bonds. The lowest BCUT2D eigenvalue weighted by atomic mass is 10.0. The standard InChI is InChI=1S/C24H22FNO5S/c1-31-23(27)15-22(18-10-12-20(25)13-11-18)26-24(28)19-7-5-6-17(14-19)16-32(29,30)21-8-3-2-4-9-21/h2-14,22H,15-16H2,1H3,(H,26,28). The molecular weight excluding hydrogens is 433 g/mol. The average molecular weight is 456 g/mol. The second-order valence-corrected chi connectivity index (χ2v) is 9.12. The molecule has 8 heteroatoms. The summed E-state index contributed by atoms with van der Waals surface area (Å²) in [6.45, 7) is 0. The second kappa shape index (κ2) is 10.2. The van der Waals surface area contributed by atoms with Gasteiger partial charge < -0.3 is 10.1 Å². The molecule has 0 heterocycles. The lowest BCUT2D eigenvalue weighted by Crippen LogP contribution is -2.30. The van der Waals surface area contributed by atoms with E-state index in [0.717, 1.165) is 0 Å². The molecular formula is C24H22FNO5S. The Morgan fingerprint density at radius 2 is 1.66 bits per heavy atom. The summed E-state index contributed by atoms with van der Waals surface area (Å²) in [5.74, 6) is -1.74. The van der Waals surface area contributed by atoms with Gasteiger partial charge in [0, 0.05) is 5.56 Å². The molecule has 0 fully saturated rings. The number of halogens is 1. The van der Waals surface area contributed by atoms with Crippen molar-refractivity contribution in [3.05, 3.63) is 101 Å². The summed E-state index contributed by atoms with van der Waals surface area (Å²) in [5, 5.41) is 2.74. The fourth-order valence-electron chi connectivity index (χ4n) is 3.17. The number of carbonyl (C=O) groups excluding carboxylic acids is 2. The fourth-order valence-corrected chi connectivity index (χ4v) is 4.53. The number of carbonyl (C=O) groups is 2. The van der Waals surface area contributed by atoms with Crippen molar-refractivity contribution in [1.29, 1.82) is 0 Å². The van der Waals surface area contributed by atoms with Crippen molar-refractivity contribution in [3.63, 3.8) is 0 Å². The number of methoxy groups -OCH3 is 1. The number of sulfone groups is 1. The zero-order valence-electron chi connectivity index (χ0n) is 17.3. The molecule has 6 nitrogen and oxygen atoms in total. The van der Waals surface area contributed by atoms with Gasteiger partial charge in [-0.3, -0.25) is 9.59 Å². The maximum atomic E-state index is 13.3. The highest BCUT2D eigenvalue weighted by Crippen LogP contribution is 2.20. The van der Waals surface area contributed by atoms with E-state index in [0.29, 0.717) is 11.1 Å². The monoisotopic (exact) mass is 455 g/mol. The fraction of sp³-hybridized carbons (Fsp3) is 0.167. The van der Waals surface area contributed by atoms with Crippen molar-refractivity contribution in [2.75, 3.05) is 7.11 Å². The van der Waals surface area contributed by atoms with Crippen LogP contribution in [-0.2, 0) is 25.1 Å². The zero-order chi connectivity index (χ0) is 23.1. The van der Waals surface area contributed by atoms with Crippen LogP contribution in [-0.4, -0.2) is 27.4 Å². The molecule has 0 aliphatic rings. The van der Waals surface area contributed by atoms with Gasteiger partial charge in [0.1, 0.15) is 5.82 Å². The van der Waals surface area contributed by atoms with Gasteiger partial charge in [-0.15, -0.1) is 0 Å². The van der Waals surface area contributed by atoms with Crippen LogP contribution in [0.2, 0.25) is 0 Å². The molecule has 0 aliphatic heterocycles. The molecule has 0 radical (unpaired) electrons. The molecule has 1 atom stereocenters. The number of hydrogen-bond acceptors (Lipinski definition) is 5. The van der Waals surface area contributed by atoms with E-state index in [1.54, 1.807) is 36.4 Å². The first-order valence-corrected chi connectivity index (χ1v) is 11.4. The van der Waals surface area contributed by atoms with Gasteiger partial charge in [0.05, 0.1) is 30.2 Å². The number of amides is 1. The van der Waals surface area contributed by atoms with Crippen molar-refractivity contribution in [2.24, 2.45) is 0 Å². The third kappa shape index (κ3) is 6.01. The van der Waals surface area contributed by atoms with Crippen molar-refractivity contribution < 1.29 is 27.1 Å². The third-order valence-corrected chi connectivity index (χ3v) is 6.53. The topological polar surface area (TPSA) is 89.5 Å². The smallest absolute Gasteiger partial charge is 0.307 e. The maximum absolute atomic E-state index is 13.3. The van der Waals surface area contributed by atoms with Gasteiger partial charge in [0.25, 0.3) is 5.91 Å². The van der Waals surface area contributed by atoms with Gasteiger partial charge in [-0.25, -0.2) is 12.8 Å². The highest BCUT2D eigenvalue weighted by atomic mass is 32.2. The molecule has 3 aromatic carbocycles. The van der Waals surface area contributed by atoms with Gasteiger partial charge >= 0.3 is 5.97 Å². The Morgan fingerprint density at radius 3 is 2.31 bits per heavy atom.